The number of nitrogens with zero attached hydrogens (tertiary/aromatic N) is 3. The quantitative estimate of drug-likeness (QED) is 0.858. The molecular weight excluding hydrogens is 380 g/mol. The first-order chi connectivity index (χ1) is 11.1. The Hall–Kier alpha value is -1.51. The summed E-state index contributed by atoms with van der Waals surface area (Å²) in [6, 6.07) is 8.48. The highest BCUT2D eigenvalue weighted by Gasteiger charge is 2.30. The van der Waals surface area contributed by atoms with E-state index in [4.69, 9.17) is 0 Å². The fourth-order valence-electron chi connectivity index (χ4n) is 2.59. The lowest BCUT2D eigenvalue weighted by Crippen LogP contribution is -2.45. The van der Waals surface area contributed by atoms with Gasteiger partial charge < -0.3 is 5.32 Å². The Morgan fingerprint density at radius 3 is 2.57 bits per heavy atom. The Balaban J connectivity index is 1.74. The maximum absolute atomic E-state index is 12.7. The number of sulfonamides is 1. The second kappa shape index (κ2) is 6.94. The van der Waals surface area contributed by atoms with Gasteiger partial charge in [0.2, 0.25) is 16.0 Å². The van der Waals surface area contributed by atoms with Gasteiger partial charge in [0.25, 0.3) is 0 Å². The van der Waals surface area contributed by atoms with E-state index in [0.29, 0.717) is 23.9 Å². The van der Waals surface area contributed by atoms with Crippen LogP contribution in [0.25, 0.3) is 0 Å². The molecule has 1 unspecified atom stereocenters. The number of hydrogen-bond donors (Lipinski definition) is 1. The molecule has 23 heavy (non-hydrogen) atoms. The van der Waals surface area contributed by atoms with Gasteiger partial charge in [-0.25, -0.2) is 18.4 Å². The number of piperidine rings is 1. The van der Waals surface area contributed by atoms with Crippen LogP contribution in [0.5, 0.6) is 0 Å². The molecule has 3 rings (SSSR count). The summed E-state index contributed by atoms with van der Waals surface area (Å²) in [5.74, 6) is 0.528. The van der Waals surface area contributed by atoms with Crippen LogP contribution >= 0.6 is 15.9 Å². The molecule has 1 aliphatic rings. The Bertz CT molecular complexity index is 753. The van der Waals surface area contributed by atoms with Gasteiger partial charge in [-0.1, -0.05) is 15.9 Å². The monoisotopic (exact) mass is 396 g/mol. The number of benzene rings is 1. The predicted molar refractivity (Wildman–Crippen MR) is 91.6 cm³/mol. The molecule has 8 heteroatoms. The molecular formula is C15H17BrN4O2S. The molecule has 1 aliphatic heterocycles. The molecule has 6 nitrogen and oxygen atoms in total. The van der Waals surface area contributed by atoms with Gasteiger partial charge in [-0.2, -0.15) is 4.31 Å². The number of rotatable bonds is 4. The first-order valence-electron chi connectivity index (χ1n) is 7.35. The van der Waals surface area contributed by atoms with E-state index in [1.54, 1.807) is 42.7 Å². The second-order valence-electron chi connectivity index (χ2n) is 5.37. The minimum absolute atomic E-state index is 0.0105. The Labute approximate surface area is 144 Å². The molecule has 2 aromatic rings. The maximum atomic E-state index is 12.7. The lowest BCUT2D eigenvalue weighted by Gasteiger charge is -2.32. The van der Waals surface area contributed by atoms with E-state index in [0.717, 1.165) is 17.3 Å². The summed E-state index contributed by atoms with van der Waals surface area (Å²) >= 11 is 3.32. The minimum Gasteiger partial charge on any atom is -0.350 e. The second-order valence-corrected chi connectivity index (χ2v) is 8.23. The van der Waals surface area contributed by atoms with Crippen LogP contribution in [0.15, 0.2) is 52.1 Å². The van der Waals surface area contributed by atoms with Gasteiger partial charge in [-0.3, -0.25) is 0 Å². The number of hydrogen-bond acceptors (Lipinski definition) is 5. The molecule has 1 N–H and O–H groups in total. The van der Waals surface area contributed by atoms with E-state index in [2.05, 4.69) is 31.2 Å². The third-order valence-corrected chi connectivity index (χ3v) is 6.14. The maximum Gasteiger partial charge on any atom is 0.243 e. The summed E-state index contributed by atoms with van der Waals surface area (Å²) in [6.45, 7) is 0.947. The molecule has 1 aromatic carbocycles. The number of anilines is 1. The Kier molecular flexibility index (Phi) is 4.93. The smallest absolute Gasteiger partial charge is 0.243 e. The van der Waals surface area contributed by atoms with Crippen LogP contribution in [-0.4, -0.2) is 41.8 Å². The van der Waals surface area contributed by atoms with Crippen molar-refractivity contribution in [3.05, 3.63) is 47.2 Å². The van der Waals surface area contributed by atoms with Crippen LogP contribution in [0.2, 0.25) is 0 Å². The van der Waals surface area contributed by atoms with Crippen LogP contribution < -0.4 is 5.32 Å². The van der Waals surface area contributed by atoms with Crippen LogP contribution in [0.3, 0.4) is 0 Å². The van der Waals surface area contributed by atoms with E-state index < -0.39 is 10.0 Å². The number of aromatic nitrogens is 2. The topological polar surface area (TPSA) is 75.2 Å². The third-order valence-electron chi connectivity index (χ3n) is 3.73. The fraction of sp³-hybridized carbons (Fsp3) is 0.333. The summed E-state index contributed by atoms with van der Waals surface area (Å²) in [4.78, 5) is 8.58. The summed E-state index contributed by atoms with van der Waals surface area (Å²) in [5.41, 5.74) is 0. The first kappa shape index (κ1) is 16.4. The summed E-state index contributed by atoms with van der Waals surface area (Å²) in [7, 11) is -3.47. The van der Waals surface area contributed by atoms with E-state index in [1.165, 1.54) is 4.31 Å². The lowest BCUT2D eigenvalue weighted by atomic mass is 10.1. The van der Waals surface area contributed by atoms with E-state index in [-0.39, 0.29) is 6.04 Å². The van der Waals surface area contributed by atoms with E-state index in [9.17, 15) is 8.42 Å². The zero-order chi connectivity index (χ0) is 16.3. The van der Waals surface area contributed by atoms with Crippen molar-refractivity contribution >= 4 is 31.9 Å². The molecule has 2 heterocycles. The molecule has 0 spiro atoms. The highest BCUT2D eigenvalue weighted by Crippen LogP contribution is 2.23. The number of halogens is 1. The molecule has 122 valence electrons. The molecule has 1 saturated heterocycles. The zero-order valence-electron chi connectivity index (χ0n) is 12.4. The van der Waals surface area contributed by atoms with E-state index >= 15 is 0 Å². The van der Waals surface area contributed by atoms with Gasteiger partial charge in [0, 0.05) is 36.0 Å². The van der Waals surface area contributed by atoms with Crippen molar-refractivity contribution < 1.29 is 8.42 Å². The van der Waals surface area contributed by atoms with Crippen LogP contribution in [-0.2, 0) is 10.0 Å². The van der Waals surface area contributed by atoms with Crippen molar-refractivity contribution in [2.24, 2.45) is 0 Å². The first-order valence-corrected chi connectivity index (χ1v) is 9.58. The average molecular weight is 397 g/mol. The third kappa shape index (κ3) is 3.88. The molecule has 0 radical (unpaired) electrons. The Morgan fingerprint density at radius 1 is 1.17 bits per heavy atom. The van der Waals surface area contributed by atoms with Crippen molar-refractivity contribution in [3.63, 3.8) is 0 Å². The number of nitrogens with one attached hydrogen (secondary N) is 1. The van der Waals surface area contributed by atoms with Crippen molar-refractivity contribution in [2.45, 2.75) is 23.8 Å². The van der Waals surface area contributed by atoms with Crippen LogP contribution in [0, 0.1) is 0 Å². The average Bonchev–Trinajstić information content (AvgIpc) is 2.56. The Morgan fingerprint density at radius 2 is 1.87 bits per heavy atom. The highest BCUT2D eigenvalue weighted by atomic mass is 79.9. The van der Waals surface area contributed by atoms with Crippen molar-refractivity contribution in [2.75, 3.05) is 18.4 Å². The molecule has 0 amide bonds. The van der Waals surface area contributed by atoms with Gasteiger partial charge in [0.15, 0.2) is 0 Å². The molecule has 1 atom stereocenters. The zero-order valence-corrected chi connectivity index (χ0v) is 14.8. The molecule has 1 aromatic heterocycles. The highest BCUT2D eigenvalue weighted by molar-refractivity contribution is 9.10. The SMILES string of the molecule is O=S(=O)(c1ccc(Br)cc1)N1CCCC(Nc2ncccn2)C1. The van der Waals surface area contributed by atoms with Crippen LogP contribution in [0.4, 0.5) is 5.95 Å². The van der Waals surface area contributed by atoms with Crippen molar-refractivity contribution in [1.29, 1.82) is 0 Å². The molecule has 0 aliphatic carbocycles. The predicted octanol–water partition coefficient (Wildman–Crippen LogP) is 2.50. The largest absolute Gasteiger partial charge is 0.350 e. The summed E-state index contributed by atoms with van der Waals surface area (Å²) in [5, 5.41) is 3.21. The molecule has 0 bridgehead atoms. The van der Waals surface area contributed by atoms with Gasteiger partial charge in [0.1, 0.15) is 0 Å². The lowest BCUT2D eigenvalue weighted by molar-refractivity contribution is 0.326. The van der Waals surface area contributed by atoms with Gasteiger partial charge in [0.05, 0.1) is 4.90 Å². The molecule has 1 fully saturated rings. The van der Waals surface area contributed by atoms with Gasteiger partial charge in [-0.15, -0.1) is 0 Å². The van der Waals surface area contributed by atoms with E-state index in [1.807, 2.05) is 0 Å². The summed E-state index contributed by atoms with van der Waals surface area (Å²) < 4.78 is 27.9. The van der Waals surface area contributed by atoms with Crippen LogP contribution in [0.1, 0.15) is 12.8 Å². The molecule has 0 saturated carbocycles. The van der Waals surface area contributed by atoms with Gasteiger partial charge in [-0.05, 0) is 43.2 Å². The van der Waals surface area contributed by atoms with Crippen molar-refractivity contribution in [3.8, 4) is 0 Å². The fourth-order valence-corrected chi connectivity index (χ4v) is 4.38. The van der Waals surface area contributed by atoms with Crippen molar-refractivity contribution in [1.82, 2.24) is 14.3 Å². The minimum atomic E-state index is -3.47. The summed E-state index contributed by atoms with van der Waals surface area (Å²) in [6.07, 6.45) is 5.02. The standard InChI is InChI=1S/C15H17BrN4O2S/c16-12-4-6-14(7-5-12)23(21,22)20-10-1-3-13(11-20)19-15-17-8-2-9-18-15/h2,4-9,13H,1,3,10-11H2,(H,17,18,19). The normalized spacial score (nSPS) is 19.4. The van der Waals surface area contributed by atoms with Gasteiger partial charge >= 0.3 is 0 Å².